The van der Waals surface area contributed by atoms with E-state index in [1.54, 1.807) is 0 Å². The van der Waals surface area contributed by atoms with E-state index in [-0.39, 0.29) is 12.0 Å². The lowest BCUT2D eigenvalue weighted by atomic mass is 9.99. The van der Waals surface area contributed by atoms with Crippen LogP contribution in [0.15, 0.2) is 24.3 Å². The Kier molecular flexibility index (Phi) is 3.27. The van der Waals surface area contributed by atoms with E-state index in [0.29, 0.717) is 5.91 Å². The lowest BCUT2D eigenvalue weighted by Crippen LogP contribution is -2.51. The van der Waals surface area contributed by atoms with Crippen LogP contribution in [-0.4, -0.2) is 30.4 Å². The van der Waals surface area contributed by atoms with Crippen molar-refractivity contribution in [1.82, 2.24) is 10.2 Å². The van der Waals surface area contributed by atoms with Crippen LogP contribution in [0.4, 0.5) is 0 Å². The number of halogens is 1. The zero-order chi connectivity index (χ0) is 12.5. The normalized spacial score (nSPS) is 24.1. The van der Waals surface area contributed by atoms with Crippen LogP contribution >= 0.6 is 11.6 Å². The zero-order valence-corrected chi connectivity index (χ0v) is 11.0. The fourth-order valence-corrected chi connectivity index (χ4v) is 2.89. The molecule has 0 spiro atoms. The van der Waals surface area contributed by atoms with E-state index in [2.05, 4.69) is 10.2 Å². The Labute approximate surface area is 112 Å². The molecule has 4 heteroatoms. The Morgan fingerprint density at radius 2 is 2.00 bits per heavy atom. The highest BCUT2D eigenvalue weighted by Crippen LogP contribution is 2.33. The van der Waals surface area contributed by atoms with Crippen molar-refractivity contribution in [3.8, 4) is 0 Å². The van der Waals surface area contributed by atoms with Gasteiger partial charge in [0.25, 0.3) is 0 Å². The molecule has 3 nitrogen and oxygen atoms in total. The highest BCUT2D eigenvalue weighted by Gasteiger charge is 2.36. The standard InChI is InChI=1S/C14H17ClN2O/c15-12-5-3-10(4-6-12)13-2-1-7-17(13)14(18)11-8-16-9-11/h3-6,11,13,16H,1-2,7-9H2. The number of hydrogen-bond acceptors (Lipinski definition) is 2. The third-order valence-corrected chi connectivity index (χ3v) is 4.17. The predicted octanol–water partition coefficient (Wildman–Crippen LogP) is 2.22. The first-order chi connectivity index (χ1) is 8.75. The van der Waals surface area contributed by atoms with Gasteiger partial charge in [0.15, 0.2) is 0 Å². The largest absolute Gasteiger partial charge is 0.335 e. The van der Waals surface area contributed by atoms with Gasteiger partial charge < -0.3 is 10.2 Å². The first-order valence-corrected chi connectivity index (χ1v) is 6.90. The van der Waals surface area contributed by atoms with Gasteiger partial charge in [0, 0.05) is 24.7 Å². The van der Waals surface area contributed by atoms with Gasteiger partial charge in [-0.3, -0.25) is 4.79 Å². The first-order valence-electron chi connectivity index (χ1n) is 6.52. The molecule has 1 amide bonds. The molecule has 1 atom stereocenters. The van der Waals surface area contributed by atoms with E-state index in [9.17, 15) is 4.79 Å². The molecule has 0 saturated carbocycles. The molecular weight excluding hydrogens is 248 g/mol. The molecule has 0 aliphatic carbocycles. The number of nitrogens with one attached hydrogen (secondary N) is 1. The molecule has 2 aliphatic rings. The second-order valence-electron chi connectivity index (χ2n) is 5.10. The average Bonchev–Trinajstić information content (AvgIpc) is 2.76. The van der Waals surface area contributed by atoms with Crippen molar-refractivity contribution < 1.29 is 4.79 Å². The van der Waals surface area contributed by atoms with Crippen LogP contribution in [0.25, 0.3) is 0 Å². The maximum Gasteiger partial charge on any atom is 0.228 e. The summed E-state index contributed by atoms with van der Waals surface area (Å²) in [4.78, 5) is 14.4. The fraction of sp³-hybridized carbons (Fsp3) is 0.500. The molecule has 0 aromatic heterocycles. The molecule has 1 aromatic rings. The van der Waals surface area contributed by atoms with Crippen LogP contribution in [0.3, 0.4) is 0 Å². The minimum atomic E-state index is 0.193. The van der Waals surface area contributed by atoms with Crippen LogP contribution < -0.4 is 5.32 Å². The third kappa shape index (κ3) is 2.13. The van der Waals surface area contributed by atoms with Crippen LogP contribution in [0.2, 0.25) is 5.02 Å². The molecule has 2 heterocycles. The molecule has 1 N–H and O–H groups in total. The molecule has 1 aromatic carbocycles. The lowest BCUT2D eigenvalue weighted by Gasteiger charge is -2.33. The van der Waals surface area contributed by atoms with Gasteiger partial charge in [0.05, 0.1) is 12.0 Å². The highest BCUT2D eigenvalue weighted by atomic mass is 35.5. The van der Waals surface area contributed by atoms with Crippen molar-refractivity contribution in [3.63, 3.8) is 0 Å². The van der Waals surface area contributed by atoms with Crippen LogP contribution in [0.1, 0.15) is 24.4 Å². The van der Waals surface area contributed by atoms with Crippen LogP contribution in [0.5, 0.6) is 0 Å². The topological polar surface area (TPSA) is 32.3 Å². The number of rotatable bonds is 2. The summed E-state index contributed by atoms with van der Waals surface area (Å²) in [5.41, 5.74) is 1.21. The quantitative estimate of drug-likeness (QED) is 0.888. The number of likely N-dealkylation sites (tertiary alicyclic amines) is 1. The van der Waals surface area contributed by atoms with Gasteiger partial charge >= 0.3 is 0 Å². The van der Waals surface area contributed by atoms with Crippen molar-refractivity contribution in [2.24, 2.45) is 5.92 Å². The number of nitrogens with zero attached hydrogens (tertiary/aromatic N) is 1. The maximum atomic E-state index is 12.3. The minimum absolute atomic E-state index is 0.193. The van der Waals surface area contributed by atoms with E-state index in [1.165, 1.54) is 5.56 Å². The summed E-state index contributed by atoms with van der Waals surface area (Å²) < 4.78 is 0. The molecule has 3 rings (SSSR count). The number of benzene rings is 1. The summed E-state index contributed by atoms with van der Waals surface area (Å²) in [6, 6.07) is 8.14. The third-order valence-electron chi connectivity index (χ3n) is 3.92. The number of hydrogen-bond donors (Lipinski definition) is 1. The highest BCUT2D eigenvalue weighted by molar-refractivity contribution is 6.30. The van der Waals surface area contributed by atoms with Crippen LogP contribution in [-0.2, 0) is 4.79 Å². The Morgan fingerprint density at radius 3 is 2.61 bits per heavy atom. The second kappa shape index (κ2) is 4.90. The van der Waals surface area contributed by atoms with Crippen molar-refractivity contribution >= 4 is 17.5 Å². The van der Waals surface area contributed by atoms with Gasteiger partial charge in [-0.05, 0) is 30.5 Å². The van der Waals surface area contributed by atoms with E-state index in [0.717, 1.165) is 37.5 Å². The SMILES string of the molecule is O=C(C1CNC1)N1CCCC1c1ccc(Cl)cc1. The zero-order valence-electron chi connectivity index (χ0n) is 10.2. The Morgan fingerprint density at radius 1 is 1.28 bits per heavy atom. The number of carbonyl (C=O) groups is 1. The second-order valence-corrected chi connectivity index (χ2v) is 5.53. The van der Waals surface area contributed by atoms with Gasteiger partial charge in [0.1, 0.15) is 0 Å². The molecule has 96 valence electrons. The Bertz CT molecular complexity index is 442. The monoisotopic (exact) mass is 264 g/mol. The summed E-state index contributed by atoms with van der Waals surface area (Å²) in [5.74, 6) is 0.504. The van der Waals surface area contributed by atoms with Gasteiger partial charge in [0.2, 0.25) is 5.91 Å². The van der Waals surface area contributed by atoms with Gasteiger partial charge in [-0.25, -0.2) is 0 Å². The smallest absolute Gasteiger partial charge is 0.228 e. The summed E-state index contributed by atoms with van der Waals surface area (Å²) in [6.45, 7) is 2.56. The van der Waals surface area contributed by atoms with E-state index in [1.807, 2.05) is 24.3 Å². The Balaban J connectivity index is 1.78. The average molecular weight is 265 g/mol. The first kappa shape index (κ1) is 12.0. The van der Waals surface area contributed by atoms with E-state index < -0.39 is 0 Å². The molecule has 2 fully saturated rings. The molecule has 1 unspecified atom stereocenters. The van der Waals surface area contributed by atoms with Gasteiger partial charge in [-0.2, -0.15) is 0 Å². The van der Waals surface area contributed by atoms with Crippen molar-refractivity contribution in [2.45, 2.75) is 18.9 Å². The number of amides is 1. The van der Waals surface area contributed by atoms with Crippen molar-refractivity contribution in [3.05, 3.63) is 34.9 Å². The molecule has 0 radical (unpaired) electrons. The minimum Gasteiger partial charge on any atom is -0.335 e. The van der Waals surface area contributed by atoms with Crippen LogP contribution in [0, 0.1) is 5.92 Å². The summed E-state index contributed by atoms with van der Waals surface area (Å²) in [7, 11) is 0. The predicted molar refractivity (Wildman–Crippen MR) is 71.5 cm³/mol. The van der Waals surface area contributed by atoms with Gasteiger partial charge in [-0.15, -0.1) is 0 Å². The van der Waals surface area contributed by atoms with Crippen molar-refractivity contribution in [2.75, 3.05) is 19.6 Å². The molecule has 2 saturated heterocycles. The van der Waals surface area contributed by atoms with E-state index >= 15 is 0 Å². The maximum absolute atomic E-state index is 12.3. The molecule has 18 heavy (non-hydrogen) atoms. The lowest BCUT2D eigenvalue weighted by molar-refractivity contribution is -0.138. The Hall–Kier alpha value is -1.06. The fourth-order valence-electron chi connectivity index (χ4n) is 2.76. The summed E-state index contributed by atoms with van der Waals surface area (Å²) in [5, 5.41) is 3.91. The summed E-state index contributed by atoms with van der Waals surface area (Å²) >= 11 is 5.91. The van der Waals surface area contributed by atoms with Gasteiger partial charge in [-0.1, -0.05) is 23.7 Å². The molecule has 0 bridgehead atoms. The molecule has 2 aliphatic heterocycles. The molecular formula is C14H17ClN2O. The van der Waals surface area contributed by atoms with Crippen molar-refractivity contribution in [1.29, 1.82) is 0 Å². The van der Waals surface area contributed by atoms with E-state index in [4.69, 9.17) is 11.6 Å². The number of carbonyl (C=O) groups excluding carboxylic acids is 1. The summed E-state index contributed by atoms with van der Waals surface area (Å²) in [6.07, 6.45) is 2.16.